The van der Waals surface area contributed by atoms with Crippen molar-refractivity contribution < 1.29 is 9.85 Å². The van der Waals surface area contributed by atoms with Gasteiger partial charge in [0, 0.05) is 12.6 Å². The average molecular weight is 381 g/mol. The van der Waals surface area contributed by atoms with Crippen LogP contribution < -0.4 is 5.43 Å². The van der Waals surface area contributed by atoms with Crippen molar-refractivity contribution >= 4 is 34.9 Å². The Kier molecular flexibility index (Phi) is 6.23. The quantitative estimate of drug-likeness (QED) is 0.420. The molecule has 138 valence electrons. The van der Waals surface area contributed by atoms with Crippen molar-refractivity contribution in [3.05, 3.63) is 54.8 Å². The van der Waals surface area contributed by atoms with Gasteiger partial charge in [-0.05, 0) is 19.4 Å². The van der Waals surface area contributed by atoms with Gasteiger partial charge in [0.2, 0.25) is 0 Å². The maximum atomic E-state index is 11.1. The summed E-state index contributed by atoms with van der Waals surface area (Å²) in [7, 11) is 0. The van der Waals surface area contributed by atoms with Crippen molar-refractivity contribution in [1.82, 2.24) is 9.78 Å². The highest BCUT2D eigenvalue weighted by molar-refractivity contribution is 6.32. The molecule has 2 rings (SSSR count). The molecule has 1 aromatic heterocycles. The van der Waals surface area contributed by atoms with Crippen molar-refractivity contribution in [3.8, 4) is 0 Å². The van der Waals surface area contributed by atoms with Gasteiger partial charge in [0.05, 0.1) is 33.4 Å². The summed E-state index contributed by atoms with van der Waals surface area (Å²) in [6.07, 6.45) is 3.35. The lowest BCUT2D eigenvalue weighted by molar-refractivity contribution is -0.393. The number of anilines is 1. The predicted molar refractivity (Wildman–Crippen MR) is 97.8 cm³/mol. The molecular formula is C15H17ClN6O4. The first-order valence-electron chi connectivity index (χ1n) is 7.80. The number of nitrogens with one attached hydrogen (secondary N) is 1. The Morgan fingerprint density at radius 3 is 2.69 bits per heavy atom. The molecule has 2 aromatic rings. The fourth-order valence-corrected chi connectivity index (χ4v) is 2.52. The Hall–Kier alpha value is -3.01. The minimum atomic E-state index is -0.716. The molecule has 1 aromatic carbocycles. The van der Waals surface area contributed by atoms with Gasteiger partial charge in [-0.2, -0.15) is 10.2 Å². The van der Waals surface area contributed by atoms with Crippen LogP contribution in [0.3, 0.4) is 0 Å². The summed E-state index contributed by atoms with van der Waals surface area (Å²) in [6, 6.07) is 3.26. The Labute approximate surface area is 153 Å². The molecule has 11 heteroatoms. The van der Waals surface area contributed by atoms with Crippen LogP contribution in [0.5, 0.6) is 0 Å². The molecule has 1 N–H and O–H groups in total. The van der Waals surface area contributed by atoms with Crippen molar-refractivity contribution in [2.75, 3.05) is 5.43 Å². The van der Waals surface area contributed by atoms with Gasteiger partial charge < -0.3 is 0 Å². The van der Waals surface area contributed by atoms with Crippen molar-refractivity contribution in [3.63, 3.8) is 0 Å². The second kappa shape index (κ2) is 8.39. The highest BCUT2D eigenvalue weighted by Gasteiger charge is 2.19. The summed E-state index contributed by atoms with van der Waals surface area (Å²) in [5, 5.41) is 30.6. The van der Waals surface area contributed by atoms with Crippen LogP contribution in [0.4, 0.5) is 17.1 Å². The van der Waals surface area contributed by atoms with E-state index in [1.807, 2.05) is 0 Å². The maximum Gasteiger partial charge on any atom is 0.301 e. The minimum absolute atomic E-state index is 0.0315. The monoisotopic (exact) mass is 380 g/mol. The zero-order valence-corrected chi connectivity index (χ0v) is 14.9. The molecule has 0 aliphatic heterocycles. The van der Waals surface area contributed by atoms with Crippen molar-refractivity contribution in [1.29, 1.82) is 0 Å². The zero-order chi connectivity index (χ0) is 19.3. The van der Waals surface area contributed by atoms with E-state index in [1.54, 1.807) is 11.6 Å². The van der Waals surface area contributed by atoms with E-state index < -0.39 is 15.5 Å². The van der Waals surface area contributed by atoms with E-state index in [4.69, 9.17) is 11.6 Å². The number of hydrazone groups is 1. The fraction of sp³-hybridized carbons (Fsp3) is 0.333. The maximum absolute atomic E-state index is 11.1. The van der Waals surface area contributed by atoms with E-state index >= 15 is 0 Å². The average Bonchev–Trinajstić information content (AvgIpc) is 2.87. The largest absolute Gasteiger partial charge is 0.301 e. The van der Waals surface area contributed by atoms with Crippen LogP contribution in [0, 0.1) is 27.2 Å². The third kappa shape index (κ3) is 4.33. The molecule has 0 spiro atoms. The number of nitrogens with zero attached hydrogens (tertiary/aromatic N) is 5. The first-order chi connectivity index (χ1) is 12.3. The number of aromatic nitrogens is 2. The van der Waals surface area contributed by atoms with Gasteiger partial charge in [-0.25, -0.2) is 0 Å². The molecule has 1 heterocycles. The van der Waals surface area contributed by atoms with Crippen LogP contribution in [0.2, 0.25) is 5.15 Å². The minimum Gasteiger partial charge on any atom is -0.272 e. The number of non-ortho nitro benzene ring substituents is 1. The van der Waals surface area contributed by atoms with Crippen LogP contribution in [0.15, 0.2) is 23.3 Å². The number of nitro groups is 2. The number of nitro benzene ring substituents is 2. The first-order valence-corrected chi connectivity index (χ1v) is 8.17. The van der Waals surface area contributed by atoms with Crippen LogP contribution in [-0.2, 0) is 6.54 Å². The molecule has 10 nitrogen and oxygen atoms in total. The van der Waals surface area contributed by atoms with E-state index in [1.165, 1.54) is 12.3 Å². The second-order valence-corrected chi connectivity index (χ2v) is 5.81. The van der Waals surface area contributed by atoms with Gasteiger partial charge >= 0.3 is 5.69 Å². The van der Waals surface area contributed by atoms with Crippen molar-refractivity contribution in [2.24, 2.45) is 5.10 Å². The van der Waals surface area contributed by atoms with Gasteiger partial charge in [0.15, 0.2) is 0 Å². The molecule has 0 radical (unpaired) electrons. The molecular weight excluding hydrogens is 364 g/mol. The number of unbranched alkanes of at least 4 members (excludes halogenated alkanes) is 1. The summed E-state index contributed by atoms with van der Waals surface area (Å²) in [6.45, 7) is 4.53. The Morgan fingerprint density at radius 2 is 2.08 bits per heavy atom. The van der Waals surface area contributed by atoms with Crippen LogP contribution in [0.25, 0.3) is 0 Å². The van der Waals surface area contributed by atoms with Crippen LogP contribution in [0.1, 0.15) is 31.0 Å². The Balaban J connectivity index is 2.22. The highest BCUT2D eigenvalue weighted by atomic mass is 35.5. The van der Waals surface area contributed by atoms with Crippen LogP contribution in [-0.4, -0.2) is 25.8 Å². The molecule has 0 saturated heterocycles. The molecule has 0 atom stereocenters. The SMILES string of the molecule is CCCCn1nc(C)c(/C=N/Nc2ccc([N+](=O)[O-])cc2[N+](=O)[O-])c1Cl. The lowest BCUT2D eigenvalue weighted by Crippen LogP contribution is -2.00. The van der Waals surface area contributed by atoms with Gasteiger partial charge in [0.25, 0.3) is 5.69 Å². The molecule has 0 amide bonds. The summed E-state index contributed by atoms with van der Waals surface area (Å²) in [5.41, 5.74) is 3.01. The third-order valence-corrected chi connectivity index (χ3v) is 4.00. The number of aryl methyl sites for hydroxylation is 2. The van der Waals surface area contributed by atoms with Gasteiger partial charge in [0.1, 0.15) is 10.8 Å². The molecule has 0 aliphatic carbocycles. The number of hydrogen-bond acceptors (Lipinski definition) is 7. The first kappa shape index (κ1) is 19.3. The summed E-state index contributed by atoms with van der Waals surface area (Å²) in [4.78, 5) is 20.4. The summed E-state index contributed by atoms with van der Waals surface area (Å²) >= 11 is 6.28. The topological polar surface area (TPSA) is 128 Å². The van der Waals surface area contributed by atoms with E-state index in [2.05, 4.69) is 22.5 Å². The van der Waals surface area contributed by atoms with Crippen LogP contribution >= 0.6 is 11.6 Å². The third-order valence-electron chi connectivity index (χ3n) is 3.60. The lowest BCUT2D eigenvalue weighted by atomic mass is 10.2. The lowest BCUT2D eigenvalue weighted by Gasteiger charge is -2.02. The van der Waals surface area contributed by atoms with Gasteiger partial charge in [-0.3, -0.25) is 30.3 Å². The highest BCUT2D eigenvalue weighted by Crippen LogP contribution is 2.29. The smallest absolute Gasteiger partial charge is 0.272 e. The number of benzene rings is 1. The fourth-order valence-electron chi connectivity index (χ4n) is 2.22. The molecule has 0 aliphatic rings. The summed E-state index contributed by atoms with van der Waals surface area (Å²) in [5.74, 6) is 0. The van der Waals surface area contributed by atoms with Gasteiger partial charge in [-0.15, -0.1) is 0 Å². The Bertz CT molecular complexity index is 864. The molecule has 0 saturated carbocycles. The van der Waals surface area contributed by atoms with E-state index in [0.29, 0.717) is 23.0 Å². The molecule has 0 bridgehead atoms. The second-order valence-electron chi connectivity index (χ2n) is 5.45. The normalized spacial score (nSPS) is 11.0. The van der Waals surface area contributed by atoms with Gasteiger partial charge in [-0.1, -0.05) is 24.9 Å². The zero-order valence-electron chi connectivity index (χ0n) is 14.2. The van der Waals surface area contributed by atoms with E-state index in [-0.39, 0.29) is 11.4 Å². The van der Waals surface area contributed by atoms with Crippen molar-refractivity contribution in [2.45, 2.75) is 33.2 Å². The standard InChI is InChI=1S/C15H17ClN6O4/c1-3-4-7-20-15(16)12(10(2)19-20)9-17-18-13-6-5-11(21(23)24)8-14(13)22(25)26/h5-6,8-9,18H,3-4,7H2,1-2H3/b17-9+. The van der Waals surface area contributed by atoms with E-state index in [9.17, 15) is 20.2 Å². The number of halogens is 1. The van der Waals surface area contributed by atoms with E-state index in [0.717, 1.165) is 25.0 Å². The molecule has 26 heavy (non-hydrogen) atoms. The predicted octanol–water partition coefficient (Wildman–Crippen LogP) is 3.91. The summed E-state index contributed by atoms with van der Waals surface area (Å²) < 4.78 is 1.68. The molecule has 0 unspecified atom stereocenters. The molecule has 0 fully saturated rings. The number of hydrogen-bond donors (Lipinski definition) is 1. The number of rotatable bonds is 8. The Morgan fingerprint density at radius 1 is 1.35 bits per heavy atom.